The Morgan fingerprint density at radius 1 is 0.893 bits per heavy atom. The van der Waals surface area contributed by atoms with E-state index >= 15 is 0 Å². The fourth-order valence-corrected chi connectivity index (χ4v) is 3.19. The van der Waals surface area contributed by atoms with Gasteiger partial charge in [0.25, 0.3) is 5.91 Å². The van der Waals surface area contributed by atoms with E-state index in [-0.39, 0.29) is 11.9 Å². The molecule has 1 heterocycles. The number of hydrogen-bond acceptors (Lipinski definition) is 4. The average Bonchev–Trinajstić information content (AvgIpc) is 3.18. The maximum atomic E-state index is 12.4. The molecule has 1 amide bonds. The molecule has 4 rings (SSSR count). The lowest BCUT2D eigenvalue weighted by Crippen LogP contribution is -2.12. The lowest BCUT2D eigenvalue weighted by Gasteiger charge is -2.04. The minimum atomic E-state index is -0.296. The summed E-state index contributed by atoms with van der Waals surface area (Å²) < 4.78 is 6.45. The standard InChI is InChI=1S/C22H16BrN3O2/c23-19-8-4-7-18(14-19)21-25-26-22(28-21)24-20(27)17-11-9-16(10-12-17)13-15-5-2-1-3-6-15/h1-12,14H,13H2,(H,24,26,27). The van der Waals surface area contributed by atoms with Crippen molar-refractivity contribution in [3.05, 3.63) is 100 Å². The molecule has 0 bridgehead atoms. The summed E-state index contributed by atoms with van der Waals surface area (Å²) in [5.41, 5.74) is 3.66. The van der Waals surface area contributed by atoms with Crippen LogP contribution in [-0.2, 0) is 6.42 Å². The Hall–Kier alpha value is -3.25. The zero-order valence-electron chi connectivity index (χ0n) is 14.8. The molecule has 3 aromatic carbocycles. The number of benzene rings is 3. The van der Waals surface area contributed by atoms with Crippen molar-refractivity contribution < 1.29 is 9.21 Å². The van der Waals surface area contributed by atoms with Crippen LogP contribution >= 0.6 is 15.9 Å². The Balaban J connectivity index is 1.42. The molecule has 1 aromatic heterocycles. The monoisotopic (exact) mass is 433 g/mol. The molecule has 5 nitrogen and oxygen atoms in total. The van der Waals surface area contributed by atoms with Crippen LogP contribution in [-0.4, -0.2) is 16.1 Å². The van der Waals surface area contributed by atoms with Gasteiger partial charge in [0, 0.05) is 15.6 Å². The Kier molecular flexibility index (Phi) is 5.30. The van der Waals surface area contributed by atoms with Gasteiger partial charge in [0.1, 0.15) is 0 Å². The number of rotatable bonds is 5. The van der Waals surface area contributed by atoms with Gasteiger partial charge >= 0.3 is 6.01 Å². The summed E-state index contributed by atoms with van der Waals surface area (Å²) in [5, 5.41) is 10.5. The maximum absolute atomic E-state index is 12.4. The van der Waals surface area contributed by atoms with Crippen LogP contribution in [0.5, 0.6) is 0 Å². The van der Waals surface area contributed by atoms with Crippen LogP contribution in [0.2, 0.25) is 0 Å². The summed E-state index contributed by atoms with van der Waals surface area (Å²) in [6.07, 6.45) is 0.822. The number of aromatic nitrogens is 2. The summed E-state index contributed by atoms with van der Waals surface area (Å²) in [6.45, 7) is 0. The third kappa shape index (κ3) is 4.35. The van der Waals surface area contributed by atoms with E-state index in [9.17, 15) is 4.79 Å². The lowest BCUT2D eigenvalue weighted by atomic mass is 10.0. The van der Waals surface area contributed by atoms with Crippen LogP contribution < -0.4 is 5.32 Å². The van der Waals surface area contributed by atoms with Crippen molar-refractivity contribution in [1.82, 2.24) is 10.2 Å². The van der Waals surface area contributed by atoms with Gasteiger partial charge in [-0.3, -0.25) is 10.1 Å². The number of nitrogens with zero attached hydrogens (tertiary/aromatic N) is 2. The van der Waals surface area contributed by atoms with Gasteiger partial charge < -0.3 is 4.42 Å². The predicted molar refractivity (Wildman–Crippen MR) is 111 cm³/mol. The van der Waals surface area contributed by atoms with Crippen molar-refractivity contribution in [2.75, 3.05) is 5.32 Å². The Bertz CT molecular complexity index is 1090. The lowest BCUT2D eigenvalue weighted by molar-refractivity contribution is 0.102. The molecular weight excluding hydrogens is 418 g/mol. The topological polar surface area (TPSA) is 68.0 Å². The summed E-state index contributed by atoms with van der Waals surface area (Å²) in [6, 6.07) is 25.2. The fraction of sp³-hybridized carbons (Fsp3) is 0.0455. The van der Waals surface area contributed by atoms with Crippen molar-refractivity contribution in [3.63, 3.8) is 0 Å². The summed E-state index contributed by atoms with van der Waals surface area (Å²) >= 11 is 3.40. The smallest absolute Gasteiger partial charge is 0.322 e. The third-order valence-corrected chi connectivity index (χ3v) is 4.68. The van der Waals surface area contributed by atoms with Crippen LogP contribution in [0.25, 0.3) is 11.5 Å². The van der Waals surface area contributed by atoms with E-state index < -0.39 is 0 Å². The first-order valence-corrected chi connectivity index (χ1v) is 9.50. The minimum Gasteiger partial charge on any atom is -0.403 e. The van der Waals surface area contributed by atoms with Gasteiger partial charge in [-0.2, -0.15) is 0 Å². The summed E-state index contributed by atoms with van der Waals surface area (Å²) in [5.74, 6) is 0.0468. The molecule has 0 unspecified atom stereocenters. The number of amides is 1. The van der Waals surface area contributed by atoms with E-state index in [1.807, 2.05) is 54.6 Å². The highest BCUT2D eigenvalue weighted by molar-refractivity contribution is 9.10. The van der Waals surface area contributed by atoms with Crippen LogP contribution in [0.4, 0.5) is 6.01 Å². The van der Waals surface area contributed by atoms with Crippen LogP contribution in [0.1, 0.15) is 21.5 Å². The molecule has 6 heteroatoms. The Morgan fingerprint density at radius 2 is 1.64 bits per heavy atom. The molecule has 1 N–H and O–H groups in total. The van der Waals surface area contributed by atoms with E-state index in [0.29, 0.717) is 11.5 Å². The largest absolute Gasteiger partial charge is 0.403 e. The van der Waals surface area contributed by atoms with Gasteiger partial charge in [-0.25, -0.2) is 0 Å². The van der Waals surface area contributed by atoms with Gasteiger partial charge in [0.15, 0.2) is 0 Å². The first kappa shape index (κ1) is 18.1. The van der Waals surface area contributed by atoms with E-state index in [4.69, 9.17) is 4.42 Å². The molecule has 0 aliphatic heterocycles. The van der Waals surface area contributed by atoms with E-state index in [0.717, 1.165) is 22.0 Å². The van der Waals surface area contributed by atoms with Crippen molar-refractivity contribution in [1.29, 1.82) is 0 Å². The minimum absolute atomic E-state index is 0.0633. The van der Waals surface area contributed by atoms with Crippen LogP contribution in [0.3, 0.4) is 0 Å². The normalized spacial score (nSPS) is 10.6. The average molecular weight is 434 g/mol. The molecular formula is C22H16BrN3O2. The second-order valence-corrected chi connectivity index (χ2v) is 7.15. The zero-order valence-corrected chi connectivity index (χ0v) is 16.4. The molecule has 0 aliphatic carbocycles. The van der Waals surface area contributed by atoms with Gasteiger partial charge in [-0.05, 0) is 47.9 Å². The predicted octanol–water partition coefficient (Wildman–Crippen LogP) is 5.34. The first-order chi connectivity index (χ1) is 13.7. The molecule has 0 spiro atoms. The number of hydrogen-bond donors (Lipinski definition) is 1. The third-order valence-electron chi connectivity index (χ3n) is 4.18. The van der Waals surface area contributed by atoms with Gasteiger partial charge in [0.05, 0.1) is 0 Å². The van der Waals surface area contributed by atoms with E-state index in [1.54, 1.807) is 12.1 Å². The van der Waals surface area contributed by atoms with Crippen molar-refractivity contribution in [2.24, 2.45) is 0 Å². The number of halogens is 1. The number of anilines is 1. The highest BCUT2D eigenvalue weighted by Crippen LogP contribution is 2.23. The van der Waals surface area contributed by atoms with Gasteiger partial charge in [-0.1, -0.05) is 69.6 Å². The van der Waals surface area contributed by atoms with Gasteiger partial charge in [-0.15, -0.1) is 5.10 Å². The molecule has 0 aliphatic rings. The summed E-state index contributed by atoms with van der Waals surface area (Å²) in [7, 11) is 0. The molecule has 138 valence electrons. The van der Waals surface area contributed by atoms with Gasteiger partial charge in [0.2, 0.25) is 5.89 Å². The molecule has 0 atom stereocenters. The number of nitrogens with one attached hydrogen (secondary N) is 1. The SMILES string of the molecule is O=C(Nc1nnc(-c2cccc(Br)c2)o1)c1ccc(Cc2ccccc2)cc1. The Morgan fingerprint density at radius 3 is 2.39 bits per heavy atom. The number of carbonyl (C=O) groups is 1. The molecule has 0 saturated carbocycles. The maximum Gasteiger partial charge on any atom is 0.322 e. The fourth-order valence-electron chi connectivity index (χ4n) is 2.79. The van der Waals surface area contributed by atoms with E-state index in [1.165, 1.54) is 5.56 Å². The van der Waals surface area contributed by atoms with Crippen LogP contribution in [0.15, 0.2) is 87.8 Å². The zero-order chi connectivity index (χ0) is 19.3. The number of carbonyl (C=O) groups excluding carboxylic acids is 1. The molecule has 0 fully saturated rings. The second kappa shape index (κ2) is 8.19. The Labute approximate surface area is 170 Å². The molecule has 4 aromatic rings. The first-order valence-electron chi connectivity index (χ1n) is 8.71. The quantitative estimate of drug-likeness (QED) is 0.460. The second-order valence-electron chi connectivity index (χ2n) is 6.24. The molecule has 0 saturated heterocycles. The molecule has 28 heavy (non-hydrogen) atoms. The molecule has 0 radical (unpaired) electrons. The highest BCUT2D eigenvalue weighted by Gasteiger charge is 2.13. The van der Waals surface area contributed by atoms with E-state index in [2.05, 4.69) is 43.6 Å². The van der Waals surface area contributed by atoms with Crippen molar-refractivity contribution in [3.8, 4) is 11.5 Å². The van der Waals surface area contributed by atoms with Crippen LogP contribution in [0, 0.1) is 0 Å². The van der Waals surface area contributed by atoms with Crippen molar-refractivity contribution >= 4 is 27.9 Å². The van der Waals surface area contributed by atoms with Crippen molar-refractivity contribution in [2.45, 2.75) is 6.42 Å². The summed E-state index contributed by atoms with van der Waals surface area (Å²) in [4.78, 5) is 12.4. The highest BCUT2D eigenvalue weighted by atomic mass is 79.9.